The van der Waals surface area contributed by atoms with Crippen molar-refractivity contribution < 1.29 is 55.6 Å². The number of methoxy groups -OCH3 is 1. The van der Waals surface area contributed by atoms with Crippen molar-refractivity contribution in [3.8, 4) is 0 Å². The number of carbonyl (C=O) groups is 5. The number of nitrogens with zero attached hydrogens (tertiary/aromatic N) is 2. The van der Waals surface area contributed by atoms with E-state index in [1.165, 1.54) is 25.8 Å². The van der Waals surface area contributed by atoms with Crippen LogP contribution in [-0.2, 0) is 57.3 Å². The fourth-order valence-corrected chi connectivity index (χ4v) is 5.01. The van der Waals surface area contributed by atoms with Crippen LogP contribution in [0.5, 0.6) is 0 Å². The molecule has 0 aromatic rings. The topological polar surface area (TPSA) is 193 Å². The van der Waals surface area contributed by atoms with Crippen molar-refractivity contribution in [2.45, 2.75) is 46.0 Å². The summed E-state index contributed by atoms with van der Waals surface area (Å²) in [6, 6.07) is -1.16. The molecule has 1 fully saturated rings. The van der Waals surface area contributed by atoms with Gasteiger partial charge in [-0.15, -0.1) is 11.8 Å². The number of esters is 2. The predicted octanol–water partition coefficient (Wildman–Crippen LogP) is -0.295. The van der Waals surface area contributed by atoms with E-state index in [2.05, 4.69) is 14.7 Å². The molecule has 0 saturated carbocycles. The first-order chi connectivity index (χ1) is 18.7. The van der Waals surface area contributed by atoms with Crippen molar-refractivity contribution >= 4 is 57.1 Å². The number of rotatable bonds is 14. The van der Waals surface area contributed by atoms with E-state index in [0.717, 1.165) is 4.90 Å². The van der Waals surface area contributed by atoms with E-state index in [4.69, 9.17) is 19.0 Å². The lowest BCUT2D eigenvalue weighted by atomic mass is 9.98. The highest BCUT2D eigenvalue weighted by atomic mass is 32.2. The number of hydrogen-bond donors (Lipinski definition) is 1. The van der Waals surface area contributed by atoms with Crippen LogP contribution in [0.15, 0.2) is 16.4 Å². The van der Waals surface area contributed by atoms with Gasteiger partial charge in [0.1, 0.15) is 30.3 Å². The molecule has 1 N–H and O–H groups in total. The Morgan fingerprint density at radius 3 is 2.40 bits per heavy atom. The summed E-state index contributed by atoms with van der Waals surface area (Å²) < 4.78 is 42.9. The van der Waals surface area contributed by atoms with Crippen molar-refractivity contribution in [3.63, 3.8) is 0 Å². The van der Waals surface area contributed by atoms with E-state index in [1.807, 2.05) is 0 Å². The Bertz CT molecular complexity index is 1190. The van der Waals surface area contributed by atoms with Gasteiger partial charge in [-0.1, -0.05) is 5.16 Å². The molecule has 0 aliphatic carbocycles. The smallest absolute Gasteiger partial charge is 0.358 e. The summed E-state index contributed by atoms with van der Waals surface area (Å²) in [4.78, 5) is 69.3. The first kappa shape index (κ1) is 33.2. The number of oxime groups is 1. The number of nitrogens with one attached hydrogen (secondary N) is 1. The molecule has 0 spiro atoms. The van der Waals surface area contributed by atoms with Crippen LogP contribution in [0.3, 0.4) is 0 Å². The van der Waals surface area contributed by atoms with E-state index >= 15 is 0 Å². The van der Waals surface area contributed by atoms with Gasteiger partial charge in [-0.25, -0.2) is 4.79 Å². The van der Waals surface area contributed by atoms with Gasteiger partial charge in [0.25, 0.3) is 21.9 Å². The Balaban J connectivity index is 2.16. The minimum Gasteiger partial charge on any atom is -0.427 e. The first-order valence-corrected chi connectivity index (χ1v) is 14.7. The highest BCUT2D eigenvalue weighted by molar-refractivity contribution is 8.00. The zero-order chi connectivity index (χ0) is 30.3. The SMILES string of the molecule is CCON=C(C(=O)COS(=O)(=O)CC)C(=O)NC1C(=O)N2C(C(=O)OCOC(=O)C(C)(C)C)=C(COC)CS[C@H]12. The number of carbonyl (C=O) groups excluding carboxylic acids is 5. The lowest BCUT2D eigenvalue weighted by molar-refractivity contribution is -0.173. The summed E-state index contributed by atoms with van der Waals surface area (Å²) >= 11 is 1.22. The molecular formula is C23H33N3O12S2. The minimum atomic E-state index is -3.98. The molecule has 15 nitrogen and oxygen atoms in total. The number of ketones is 1. The Hall–Kier alpha value is -3.02. The Morgan fingerprint density at radius 2 is 1.82 bits per heavy atom. The van der Waals surface area contributed by atoms with E-state index < -0.39 is 81.3 Å². The number of thioether (sulfide) groups is 1. The third-order valence-electron chi connectivity index (χ3n) is 5.33. The van der Waals surface area contributed by atoms with Gasteiger partial charge in [-0.3, -0.25) is 28.3 Å². The van der Waals surface area contributed by atoms with Crippen molar-refractivity contribution in [1.82, 2.24) is 10.2 Å². The molecule has 0 bridgehead atoms. The fraction of sp³-hybridized carbons (Fsp3) is 0.652. The zero-order valence-electron chi connectivity index (χ0n) is 23.0. The molecule has 0 radical (unpaired) electrons. The van der Waals surface area contributed by atoms with E-state index in [9.17, 15) is 32.4 Å². The molecule has 40 heavy (non-hydrogen) atoms. The van der Waals surface area contributed by atoms with Crippen LogP contribution in [-0.4, -0.2) is 105 Å². The molecule has 2 amide bonds. The largest absolute Gasteiger partial charge is 0.427 e. The number of β-lactam (4-membered cyclic amide) rings is 1. The van der Waals surface area contributed by atoms with Gasteiger partial charge in [-0.2, -0.15) is 8.42 Å². The Morgan fingerprint density at radius 1 is 1.15 bits per heavy atom. The van der Waals surface area contributed by atoms with Crippen LogP contribution in [0.25, 0.3) is 0 Å². The molecule has 2 aliphatic rings. The van der Waals surface area contributed by atoms with E-state index in [1.54, 1.807) is 27.7 Å². The molecule has 17 heteroatoms. The lowest BCUT2D eigenvalue weighted by Crippen LogP contribution is -2.71. The fourth-order valence-electron chi connectivity index (χ4n) is 3.23. The highest BCUT2D eigenvalue weighted by Gasteiger charge is 2.55. The lowest BCUT2D eigenvalue weighted by Gasteiger charge is -2.49. The summed E-state index contributed by atoms with van der Waals surface area (Å²) in [7, 11) is -2.57. The van der Waals surface area contributed by atoms with Crippen molar-refractivity contribution in [2.75, 3.05) is 45.2 Å². The van der Waals surface area contributed by atoms with Gasteiger partial charge in [0.15, 0.2) is 0 Å². The predicted molar refractivity (Wildman–Crippen MR) is 140 cm³/mol. The number of hydrogen-bond acceptors (Lipinski definition) is 14. The van der Waals surface area contributed by atoms with Gasteiger partial charge >= 0.3 is 11.9 Å². The maximum atomic E-state index is 13.1. The third kappa shape index (κ3) is 8.25. The van der Waals surface area contributed by atoms with Gasteiger partial charge in [0, 0.05) is 12.9 Å². The number of Topliss-reactive ketones (excluding diaryl/α,β-unsaturated/α-hetero) is 1. The summed E-state index contributed by atoms with van der Waals surface area (Å²) in [5.41, 5.74) is -1.28. The first-order valence-electron chi connectivity index (χ1n) is 12.1. The van der Waals surface area contributed by atoms with Crippen LogP contribution in [0.1, 0.15) is 34.6 Å². The monoisotopic (exact) mass is 607 g/mol. The average molecular weight is 608 g/mol. The molecule has 0 aromatic heterocycles. The average Bonchev–Trinajstić information content (AvgIpc) is 2.89. The van der Waals surface area contributed by atoms with Crippen LogP contribution >= 0.6 is 11.8 Å². The van der Waals surface area contributed by atoms with Gasteiger partial charge in [0.05, 0.1) is 17.8 Å². The maximum absolute atomic E-state index is 13.1. The van der Waals surface area contributed by atoms with Crippen LogP contribution in [0.2, 0.25) is 0 Å². The van der Waals surface area contributed by atoms with Crippen molar-refractivity contribution in [2.24, 2.45) is 10.6 Å². The molecule has 2 atom stereocenters. The summed E-state index contributed by atoms with van der Waals surface area (Å²) in [6.45, 7) is 6.09. The van der Waals surface area contributed by atoms with Crippen LogP contribution in [0.4, 0.5) is 0 Å². The maximum Gasteiger partial charge on any atom is 0.358 e. The summed E-state index contributed by atoms with van der Waals surface area (Å²) in [6.07, 6.45) is 0. The van der Waals surface area contributed by atoms with Crippen LogP contribution in [0, 0.1) is 5.41 Å². The van der Waals surface area contributed by atoms with Gasteiger partial charge in [-0.05, 0) is 40.2 Å². The molecule has 1 unspecified atom stereocenters. The van der Waals surface area contributed by atoms with Crippen molar-refractivity contribution in [3.05, 3.63) is 11.3 Å². The summed E-state index contributed by atoms with van der Waals surface area (Å²) in [5, 5.41) is 5.09. The Kier molecular flexibility index (Phi) is 11.7. The highest BCUT2D eigenvalue weighted by Crippen LogP contribution is 2.40. The molecule has 224 valence electrons. The number of amides is 2. The van der Waals surface area contributed by atoms with E-state index in [0.29, 0.717) is 5.57 Å². The summed E-state index contributed by atoms with van der Waals surface area (Å²) in [5.74, 6) is -4.55. The molecular weight excluding hydrogens is 574 g/mol. The second-order valence-electron chi connectivity index (χ2n) is 9.37. The standard InChI is InChI=1S/C23H33N3O12S2/c1-7-37-25-15(14(27)10-38-40(32,33)8-2)18(28)24-16-19(29)26-17(13(9-34-6)11-39-20(16)26)21(30)35-12-36-22(31)23(3,4)5/h16,20H,7-12H2,1-6H3,(H,24,28)/t16?,20-/m1/s1. The van der Waals surface area contributed by atoms with Crippen molar-refractivity contribution in [1.29, 1.82) is 0 Å². The normalized spacial score (nSPS) is 19.4. The molecule has 2 rings (SSSR count). The second kappa shape index (κ2) is 14.0. The molecule has 2 aliphatic heterocycles. The number of ether oxygens (including phenoxy) is 3. The zero-order valence-corrected chi connectivity index (χ0v) is 24.6. The second-order valence-corrected chi connectivity index (χ2v) is 12.4. The molecule has 1 saturated heterocycles. The Labute approximate surface area is 236 Å². The van der Waals surface area contributed by atoms with Gasteiger partial charge < -0.3 is 24.4 Å². The number of fused-ring (bicyclic) bond motifs is 1. The quantitative estimate of drug-likeness (QED) is 0.0515. The van der Waals surface area contributed by atoms with E-state index in [-0.39, 0.29) is 24.7 Å². The minimum absolute atomic E-state index is 0.00358. The third-order valence-corrected chi connectivity index (χ3v) is 7.85. The molecule has 2 heterocycles. The molecule has 0 aromatic carbocycles. The van der Waals surface area contributed by atoms with Crippen LogP contribution < -0.4 is 5.32 Å². The van der Waals surface area contributed by atoms with Gasteiger partial charge in [0.2, 0.25) is 18.3 Å².